The highest BCUT2D eigenvalue weighted by Gasteiger charge is 2.28. The van der Waals surface area contributed by atoms with Gasteiger partial charge in [0.25, 0.3) is 0 Å². The number of imidazole rings is 1. The van der Waals surface area contributed by atoms with E-state index in [4.69, 9.17) is 19.3 Å². The average molecular weight is 763 g/mol. The molecule has 5 rings (SSSR count). The number of carbonyl (C=O) groups is 3. The van der Waals surface area contributed by atoms with Gasteiger partial charge in [0.2, 0.25) is 12.0 Å². The third-order valence-corrected chi connectivity index (χ3v) is 9.63. The Morgan fingerprint density at radius 3 is 2.12 bits per heavy atom. The second kappa shape index (κ2) is 22.0. The van der Waals surface area contributed by atoms with Gasteiger partial charge in [-0.2, -0.15) is 0 Å². The molecule has 0 saturated heterocycles. The van der Waals surface area contributed by atoms with Crippen molar-refractivity contribution in [1.29, 1.82) is 0 Å². The first-order chi connectivity index (χ1) is 27.3. The number of rotatable bonds is 23. The molecule has 0 radical (unpaired) electrons. The Balaban J connectivity index is 1.22. The number of aromatic nitrogens is 2. The van der Waals surface area contributed by atoms with Crippen LogP contribution in [0.15, 0.2) is 84.0 Å². The van der Waals surface area contributed by atoms with Crippen LogP contribution in [0.3, 0.4) is 0 Å². The molecule has 1 aliphatic heterocycles. The van der Waals surface area contributed by atoms with Crippen LogP contribution in [0.2, 0.25) is 0 Å². The van der Waals surface area contributed by atoms with Crippen molar-refractivity contribution in [2.75, 3.05) is 19.8 Å². The van der Waals surface area contributed by atoms with Crippen molar-refractivity contribution < 1.29 is 33.8 Å². The van der Waals surface area contributed by atoms with E-state index in [1.165, 1.54) is 51.4 Å². The van der Waals surface area contributed by atoms with Gasteiger partial charge in [0.05, 0.1) is 23.7 Å². The van der Waals surface area contributed by atoms with Crippen LogP contribution >= 0.6 is 0 Å². The number of amides is 1. The van der Waals surface area contributed by atoms with Gasteiger partial charge in [0, 0.05) is 31.0 Å². The third kappa shape index (κ3) is 13.0. The predicted molar refractivity (Wildman–Crippen MR) is 218 cm³/mol. The van der Waals surface area contributed by atoms with Gasteiger partial charge in [0.1, 0.15) is 11.6 Å². The lowest BCUT2D eigenvalue weighted by molar-refractivity contribution is -0.148. The molecule has 4 aromatic rings. The van der Waals surface area contributed by atoms with E-state index in [-0.39, 0.29) is 18.9 Å². The number of oxime groups is 1. The Bertz CT molecular complexity index is 1920. The molecule has 1 unspecified atom stereocenters. The van der Waals surface area contributed by atoms with Gasteiger partial charge in [-0.05, 0) is 53.8 Å². The van der Waals surface area contributed by atoms with Crippen molar-refractivity contribution in [1.82, 2.24) is 15.3 Å². The maximum absolute atomic E-state index is 12.5. The molecule has 1 aliphatic rings. The Hall–Kier alpha value is -5.71. The van der Waals surface area contributed by atoms with E-state index in [1.54, 1.807) is 13.0 Å². The van der Waals surface area contributed by atoms with Gasteiger partial charge >= 0.3 is 11.9 Å². The summed E-state index contributed by atoms with van der Waals surface area (Å²) < 4.78 is 10.5. The van der Waals surface area contributed by atoms with Crippen LogP contribution in [0.1, 0.15) is 107 Å². The molecular formula is C45H54N4O7. The summed E-state index contributed by atoms with van der Waals surface area (Å²) in [6.07, 6.45) is 15.8. The van der Waals surface area contributed by atoms with E-state index in [0.717, 1.165) is 52.0 Å². The van der Waals surface area contributed by atoms with Gasteiger partial charge in [-0.15, -0.1) is 0 Å². The first-order valence-corrected chi connectivity index (χ1v) is 19.9. The van der Waals surface area contributed by atoms with E-state index in [9.17, 15) is 19.5 Å². The number of esters is 1. The summed E-state index contributed by atoms with van der Waals surface area (Å²) in [7, 11) is 0. The fraction of sp³-hybridized carbons (Fsp3) is 0.400. The molecule has 56 heavy (non-hydrogen) atoms. The lowest BCUT2D eigenvalue weighted by Gasteiger charge is -2.07. The molecular weight excluding hydrogens is 709 g/mol. The SMILES string of the molecule is CCCCCCCCCCCCNC(=O)C=Cc1ccc(-c2[nH]c(-c3ccc(C4=NOC(C(=O)O)C4)cc3)nc2Cc2ccc(OCC(=O)OCC)cc2)cc1. The molecule has 1 amide bonds. The molecule has 296 valence electrons. The van der Waals surface area contributed by atoms with Crippen LogP contribution in [0.4, 0.5) is 0 Å². The molecule has 11 heteroatoms. The molecule has 0 spiro atoms. The summed E-state index contributed by atoms with van der Waals surface area (Å²) in [5, 5.41) is 16.2. The molecule has 0 saturated carbocycles. The molecule has 0 fully saturated rings. The number of carboxylic acids is 1. The minimum Gasteiger partial charge on any atom is -0.482 e. The lowest BCUT2D eigenvalue weighted by Crippen LogP contribution is -2.21. The Labute approximate surface area is 329 Å². The zero-order valence-electron chi connectivity index (χ0n) is 32.6. The second-order valence-electron chi connectivity index (χ2n) is 14.0. The monoisotopic (exact) mass is 762 g/mol. The van der Waals surface area contributed by atoms with Crippen LogP contribution in [-0.4, -0.2) is 64.5 Å². The van der Waals surface area contributed by atoms with Crippen LogP contribution in [0.5, 0.6) is 5.75 Å². The second-order valence-corrected chi connectivity index (χ2v) is 14.0. The van der Waals surface area contributed by atoms with Crippen molar-refractivity contribution in [3.05, 3.63) is 101 Å². The average Bonchev–Trinajstić information content (AvgIpc) is 3.88. The van der Waals surface area contributed by atoms with Crippen LogP contribution in [-0.2, 0) is 30.4 Å². The molecule has 0 bridgehead atoms. The fourth-order valence-corrected chi connectivity index (χ4v) is 6.47. The standard InChI is InChI=1S/C45H54N4O7/c1-3-5-6-7-8-9-10-11-12-13-28-46-41(50)27-18-32-14-19-35(20-15-32)43-39(29-33-16-25-37(26-17-33)55-31-42(51)54-4-2)47-44(48-43)36-23-21-34(22-24-36)38-30-40(45(52)53)56-49-38/h14-27,40H,3-13,28-31H2,1-2H3,(H,46,50)(H,47,48)(H,52,53). The Morgan fingerprint density at radius 2 is 1.48 bits per heavy atom. The van der Waals surface area contributed by atoms with Crippen LogP contribution in [0.25, 0.3) is 28.7 Å². The van der Waals surface area contributed by atoms with E-state index >= 15 is 0 Å². The van der Waals surface area contributed by atoms with E-state index in [1.807, 2.05) is 78.9 Å². The number of carbonyl (C=O) groups excluding carboxylic acids is 2. The van der Waals surface area contributed by atoms with Crippen molar-refractivity contribution in [3.8, 4) is 28.4 Å². The molecule has 3 aromatic carbocycles. The number of aliphatic carboxylic acids is 1. The van der Waals surface area contributed by atoms with Crippen molar-refractivity contribution in [3.63, 3.8) is 0 Å². The number of hydrogen-bond acceptors (Lipinski definition) is 8. The molecule has 1 aromatic heterocycles. The number of benzene rings is 3. The van der Waals surface area contributed by atoms with Crippen molar-refractivity contribution in [2.24, 2.45) is 5.16 Å². The van der Waals surface area contributed by atoms with Gasteiger partial charge in [-0.25, -0.2) is 14.6 Å². The summed E-state index contributed by atoms with van der Waals surface area (Å²) in [6.45, 7) is 4.82. The number of H-pyrrole nitrogens is 1. The lowest BCUT2D eigenvalue weighted by atomic mass is 10.0. The van der Waals surface area contributed by atoms with E-state index < -0.39 is 18.0 Å². The molecule has 0 aliphatic carbocycles. The quantitative estimate of drug-likeness (QED) is 0.0385. The number of hydrogen-bond donors (Lipinski definition) is 3. The van der Waals surface area contributed by atoms with Crippen LogP contribution in [0, 0.1) is 0 Å². The van der Waals surface area contributed by atoms with Crippen LogP contribution < -0.4 is 10.1 Å². The van der Waals surface area contributed by atoms with Crippen molar-refractivity contribution >= 4 is 29.6 Å². The number of carboxylic acid groups (broad SMARTS) is 1. The normalized spacial score (nSPS) is 13.7. The van der Waals surface area contributed by atoms with Gasteiger partial charge in [-0.3, -0.25) is 4.79 Å². The van der Waals surface area contributed by atoms with Crippen molar-refractivity contribution in [2.45, 2.75) is 97.0 Å². The molecule has 11 nitrogen and oxygen atoms in total. The maximum Gasteiger partial charge on any atom is 0.348 e. The largest absolute Gasteiger partial charge is 0.482 e. The minimum absolute atomic E-state index is 0.0944. The summed E-state index contributed by atoms with van der Waals surface area (Å²) in [5.74, 6) is -0.320. The smallest absolute Gasteiger partial charge is 0.348 e. The highest BCUT2D eigenvalue weighted by Crippen LogP contribution is 2.30. The summed E-state index contributed by atoms with van der Waals surface area (Å²) in [6, 6.07) is 23.1. The highest BCUT2D eigenvalue weighted by molar-refractivity contribution is 6.03. The predicted octanol–water partition coefficient (Wildman–Crippen LogP) is 8.90. The van der Waals surface area contributed by atoms with Gasteiger partial charge in [-0.1, -0.05) is 131 Å². The number of nitrogens with one attached hydrogen (secondary N) is 2. The fourth-order valence-electron chi connectivity index (χ4n) is 6.47. The zero-order valence-corrected chi connectivity index (χ0v) is 32.6. The highest BCUT2D eigenvalue weighted by atomic mass is 16.7. The van der Waals surface area contributed by atoms with Gasteiger partial charge < -0.3 is 29.7 Å². The summed E-state index contributed by atoms with van der Waals surface area (Å²) in [5.41, 5.74) is 6.74. The first-order valence-electron chi connectivity index (χ1n) is 19.9. The minimum atomic E-state index is -1.04. The van der Waals surface area contributed by atoms with E-state index in [0.29, 0.717) is 36.9 Å². The number of unbranched alkanes of at least 4 members (excludes halogenated alkanes) is 9. The topological polar surface area (TPSA) is 152 Å². The summed E-state index contributed by atoms with van der Waals surface area (Å²) >= 11 is 0. The number of ether oxygens (including phenoxy) is 2. The molecule has 2 heterocycles. The Kier molecular flexibility index (Phi) is 16.3. The molecule has 1 atom stereocenters. The summed E-state index contributed by atoms with van der Waals surface area (Å²) in [4.78, 5) is 49.1. The number of nitrogens with zero attached hydrogens (tertiary/aromatic N) is 2. The third-order valence-electron chi connectivity index (χ3n) is 9.63. The zero-order chi connectivity index (χ0) is 39.5. The van der Waals surface area contributed by atoms with E-state index in [2.05, 4.69) is 22.4 Å². The maximum atomic E-state index is 12.5. The molecule has 3 N–H and O–H groups in total. The Morgan fingerprint density at radius 1 is 0.839 bits per heavy atom. The van der Waals surface area contributed by atoms with Gasteiger partial charge in [0.15, 0.2) is 6.61 Å². The number of aromatic amines is 1. The first kappa shape index (κ1) is 41.5.